The van der Waals surface area contributed by atoms with E-state index in [1.165, 1.54) is 5.56 Å². The van der Waals surface area contributed by atoms with Crippen LogP contribution >= 0.6 is 0 Å². The molecule has 5 N–H and O–H groups in total. The molecule has 0 unspecified atom stereocenters. The van der Waals surface area contributed by atoms with Crippen LogP contribution in [0.1, 0.15) is 25.3 Å². The van der Waals surface area contributed by atoms with E-state index < -0.39 is 0 Å². The van der Waals surface area contributed by atoms with Crippen LogP contribution in [0.3, 0.4) is 0 Å². The number of hydrogen-bond donors (Lipinski definition) is 4. The molecule has 0 aromatic heterocycles. The largest absolute Gasteiger partial charge is 0.491 e. The number of aliphatic hydroxyl groups is 1. The van der Waals surface area contributed by atoms with Gasteiger partial charge in [0.25, 0.3) is 0 Å². The first-order valence-corrected chi connectivity index (χ1v) is 9.04. The summed E-state index contributed by atoms with van der Waals surface area (Å²) in [5, 5.41) is 19.9. The number of aliphatic imine (C=N–C) groups is 1. The minimum atomic E-state index is 0.153. The average molecular weight is 356 g/mol. The van der Waals surface area contributed by atoms with E-state index in [1.54, 1.807) is 12.2 Å². The van der Waals surface area contributed by atoms with Gasteiger partial charge in [-0.25, -0.2) is 4.99 Å². The third kappa shape index (κ3) is 6.13. The van der Waals surface area contributed by atoms with Gasteiger partial charge in [-0.2, -0.15) is 0 Å². The van der Waals surface area contributed by atoms with Gasteiger partial charge in [0.1, 0.15) is 5.76 Å². The second kappa shape index (κ2) is 10.5. The maximum atomic E-state index is 8.75. The zero-order valence-corrected chi connectivity index (χ0v) is 15.3. The van der Waals surface area contributed by atoms with Crippen LogP contribution in [0.5, 0.6) is 0 Å². The Morgan fingerprint density at radius 3 is 2.65 bits per heavy atom. The lowest BCUT2D eigenvalue weighted by molar-refractivity contribution is 0.226. The molecule has 0 heterocycles. The fourth-order valence-electron chi connectivity index (χ4n) is 2.44. The summed E-state index contributed by atoms with van der Waals surface area (Å²) >= 11 is 0. The number of nitrogens with one attached hydrogen (secondary N) is 2. The minimum Gasteiger partial charge on any atom is -0.491 e. The van der Waals surface area contributed by atoms with Gasteiger partial charge in [-0.1, -0.05) is 25.5 Å². The van der Waals surface area contributed by atoms with Crippen molar-refractivity contribution in [1.82, 2.24) is 5.32 Å². The van der Waals surface area contributed by atoms with Gasteiger partial charge < -0.3 is 20.9 Å². The smallest absolute Gasteiger partial charge is 0.146 e. The van der Waals surface area contributed by atoms with Crippen LogP contribution < -0.4 is 11.1 Å². The average Bonchev–Trinajstić information content (AvgIpc) is 2.64. The molecule has 0 aliphatic heterocycles. The van der Waals surface area contributed by atoms with Gasteiger partial charge >= 0.3 is 0 Å². The molecule has 0 bridgehead atoms. The predicted molar refractivity (Wildman–Crippen MR) is 106 cm³/mol. The summed E-state index contributed by atoms with van der Waals surface area (Å²) in [6, 6.07) is 7.97. The van der Waals surface area contributed by atoms with E-state index in [2.05, 4.69) is 17.2 Å². The molecule has 26 heavy (non-hydrogen) atoms. The second-order valence-corrected chi connectivity index (χ2v) is 6.11. The molecule has 1 aliphatic carbocycles. The first kappa shape index (κ1) is 19.9. The second-order valence-electron chi connectivity index (χ2n) is 6.11. The van der Waals surface area contributed by atoms with E-state index in [0.717, 1.165) is 31.5 Å². The fraction of sp³-hybridized carbons (Fsp3) is 0.400. The quantitative estimate of drug-likeness (QED) is 0.382. The number of allylic oxidation sites excluding steroid dienone is 2. The van der Waals surface area contributed by atoms with Crippen molar-refractivity contribution in [3.8, 4) is 0 Å². The number of rotatable bonds is 10. The van der Waals surface area contributed by atoms with E-state index in [4.69, 9.17) is 21.0 Å². The van der Waals surface area contributed by atoms with E-state index in [-0.39, 0.29) is 12.3 Å². The van der Waals surface area contributed by atoms with Crippen molar-refractivity contribution in [1.29, 1.82) is 5.41 Å². The third-order valence-corrected chi connectivity index (χ3v) is 3.95. The fourth-order valence-corrected chi connectivity index (χ4v) is 2.44. The van der Waals surface area contributed by atoms with Crippen molar-refractivity contribution >= 4 is 17.1 Å². The molecular weight excluding hydrogens is 328 g/mol. The normalized spacial score (nSPS) is 15.8. The van der Waals surface area contributed by atoms with Crippen molar-refractivity contribution in [2.24, 2.45) is 10.7 Å². The molecule has 1 aromatic carbocycles. The van der Waals surface area contributed by atoms with Crippen molar-refractivity contribution in [3.63, 3.8) is 0 Å². The zero-order valence-electron chi connectivity index (χ0n) is 15.3. The van der Waals surface area contributed by atoms with Gasteiger partial charge in [0.05, 0.1) is 36.0 Å². The predicted octanol–water partition coefficient (Wildman–Crippen LogP) is 2.46. The Bertz CT molecular complexity index is 690. The number of benzene rings is 1. The van der Waals surface area contributed by atoms with Crippen LogP contribution in [-0.4, -0.2) is 42.8 Å². The summed E-state index contributed by atoms with van der Waals surface area (Å²) in [6.07, 6.45) is 6.21. The number of aliphatic hydroxyl groups excluding tert-OH is 1. The van der Waals surface area contributed by atoms with Crippen LogP contribution in [0.15, 0.2) is 52.9 Å². The standard InChI is InChI=1S/C20H28N4O2/c1-2-3-12-26-20-14-19(17(21)13-18(20)22)24-16-6-4-15(5-7-16)8-9-23-10-11-25/h4-7,13-14,22-23,25H,2-3,8-12,21H2,1H3. The lowest BCUT2D eigenvalue weighted by atomic mass is 10.1. The molecule has 0 saturated heterocycles. The summed E-state index contributed by atoms with van der Waals surface area (Å²) in [5.41, 5.74) is 9.39. The van der Waals surface area contributed by atoms with Crippen molar-refractivity contribution in [2.45, 2.75) is 26.2 Å². The van der Waals surface area contributed by atoms with E-state index in [1.807, 2.05) is 24.3 Å². The minimum absolute atomic E-state index is 0.153. The molecule has 6 nitrogen and oxygen atoms in total. The Kier molecular flexibility index (Phi) is 8.05. The summed E-state index contributed by atoms with van der Waals surface area (Å²) in [4.78, 5) is 4.58. The molecule has 0 atom stereocenters. The molecule has 140 valence electrons. The summed E-state index contributed by atoms with van der Waals surface area (Å²) in [7, 11) is 0. The molecule has 0 spiro atoms. The summed E-state index contributed by atoms with van der Waals surface area (Å²) < 4.78 is 5.67. The molecule has 0 fully saturated rings. The molecule has 0 amide bonds. The van der Waals surface area contributed by atoms with Gasteiger partial charge in [-0.05, 0) is 43.2 Å². The Labute approximate surface area is 155 Å². The summed E-state index contributed by atoms with van der Waals surface area (Å²) in [5.74, 6) is 0.512. The van der Waals surface area contributed by atoms with Crippen LogP contribution in [0.2, 0.25) is 0 Å². The highest BCUT2D eigenvalue weighted by Gasteiger charge is 2.15. The highest BCUT2D eigenvalue weighted by Crippen LogP contribution is 2.18. The Morgan fingerprint density at radius 1 is 1.19 bits per heavy atom. The van der Waals surface area contributed by atoms with Gasteiger partial charge in [-0.15, -0.1) is 0 Å². The zero-order chi connectivity index (χ0) is 18.8. The first-order valence-electron chi connectivity index (χ1n) is 9.04. The van der Waals surface area contributed by atoms with Crippen molar-refractivity contribution < 1.29 is 9.84 Å². The lowest BCUT2D eigenvalue weighted by Gasteiger charge is -2.15. The van der Waals surface area contributed by atoms with Crippen LogP contribution in [0, 0.1) is 5.41 Å². The Hall–Kier alpha value is -2.44. The van der Waals surface area contributed by atoms with E-state index >= 15 is 0 Å². The highest BCUT2D eigenvalue weighted by atomic mass is 16.5. The Morgan fingerprint density at radius 2 is 1.96 bits per heavy atom. The van der Waals surface area contributed by atoms with Gasteiger partial charge in [0.15, 0.2) is 0 Å². The highest BCUT2D eigenvalue weighted by molar-refractivity contribution is 6.22. The number of hydrogen-bond acceptors (Lipinski definition) is 6. The molecule has 2 rings (SSSR count). The molecule has 6 heteroatoms. The van der Waals surface area contributed by atoms with Gasteiger partial charge in [0.2, 0.25) is 0 Å². The van der Waals surface area contributed by atoms with E-state index in [9.17, 15) is 0 Å². The number of unbranched alkanes of at least 4 members (excludes halogenated alkanes) is 1. The number of nitrogens with two attached hydrogens (primary N) is 1. The molecule has 1 aliphatic rings. The van der Waals surface area contributed by atoms with Crippen LogP contribution in [-0.2, 0) is 11.2 Å². The topological polar surface area (TPSA) is 104 Å². The monoisotopic (exact) mass is 356 g/mol. The van der Waals surface area contributed by atoms with Gasteiger partial charge in [0, 0.05) is 12.6 Å². The molecule has 0 saturated carbocycles. The van der Waals surface area contributed by atoms with E-state index in [0.29, 0.717) is 30.3 Å². The van der Waals surface area contributed by atoms with Crippen molar-refractivity contribution in [3.05, 3.63) is 53.4 Å². The SMILES string of the molecule is CCCCOC1=CC(=Nc2ccc(CCNCCO)cc2)C(N)=CC1=N. The number of nitrogens with zero attached hydrogens (tertiary/aromatic N) is 1. The Balaban J connectivity index is 2.04. The number of ether oxygens (including phenoxy) is 1. The lowest BCUT2D eigenvalue weighted by Crippen LogP contribution is -2.20. The molecule has 1 aromatic rings. The van der Waals surface area contributed by atoms with Crippen LogP contribution in [0.4, 0.5) is 5.69 Å². The summed E-state index contributed by atoms with van der Waals surface area (Å²) in [6.45, 7) is 4.28. The maximum Gasteiger partial charge on any atom is 0.146 e. The molecular formula is C20H28N4O2. The van der Waals surface area contributed by atoms with Gasteiger partial charge in [-0.3, -0.25) is 5.41 Å². The first-order chi connectivity index (χ1) is 12.6. The maximum absolute atomic E-state index is 8.75. The molecule has 0 radical (unpaired) electrons. The third-order valence-electron chi connectivity index (χ3n) is 3.95. The van der Waals surface area contributed by atoms with Crippen LogP contribution in [0.25, 0.3) is 0 Å². The van der Waals surface area contributed by atoms with Crippen molar-refractivity contribution in [2.75, 3.05) is 26.3 Å².